The van der Waals surface area contributed by atoms with Crippen molar-refractivity contribution >= 4 is 10.2 Å². The van der Waals surface area contributed by atoms with Crippen LogP contribution in [0.2, 0.25) is 0 Å². The van der Waals surface area contributed by atoms with E-state index in [4.69, 9.17) is 0 Å². The lowest BCUT2D eigenvalue weighted by Gasteiger charge is -2.28. The van der Waals surface area contributed by atoms with E-state index >= 15 is 0 Å². The van der Waals surface area contributed by atoms with Crippen LogP contribution in [0.4, 0.5) is 0 Å². The zero-order valence-corrected chi connectivity index (χ0v) is 15.2. The summed E-state index contributed by atoms with van der Waals surface area (Å²) in [7, 11) is -1.59. The molecular weight excluding hydrogens is 286 g/mol. The van der Waals surface area contributed by atoms with Gasteiger partial charge in [0.15, 0.2) is 0 Å². The Labute approximate surface area is 131 Å². The molecule has 21 heavy (non-hydrogen) atoms. The van der Waals surface area contributed by atoms with Crippen LogP contribution in [0.3, 0.4) is 0 Å². The van der Waals surface area contributed by atoms with Gasteiger partial charge in [0, 0.05) is 32.7 Å². The Bertz CT molecular complexity index is 405. The van der Waals surface area contributed by atoms with Crippen molar-refractivity contribution in [1.29, 1.82) is 0 Å². The Morgan fingerprint density at radius 3 is 2.38 bits per heavy atom. The molecule has 1 saturated heterocycles. The van der Waals surface area contributed by atoms with Gasteiger partial charge < -0.3 is 5.32 Å². The molecule has 0 spiro atoms. The third kappa shape index (κ3) is 4.91. The highest BCUT2D eigenvalue weighted by atomic mass is 32.2. The van der Waals surface area contributed by atoms with Gasteiger partial charge in [0.1, 0.15) is 0 Å². The van der Waals surface area contributed by atoms with Crippen LogP contribution in [0.25, 0.3) is 0 Å². The van der Waals surface area contributed by atoms with Crippen LogP contribution in [0.15, 0.2) is 0 Å². The average molecular weight is 320 g/mol. The van der Waals surface area contributed by atoms with Gasteiger partial charge in [-0.2, -0.15) is 17.0 Å². The number of nitrogens with zero attached hydrogens (tertiary/aromatic N) is 2. The molecule has 0 bridgehead atoms. The monoisotopic (exact) mass is 319 g/mol. The highest BCUT2D eigenvalue weighted by molar-refractivity contribution is 7.86. The van der Waals surface area contributed by atoms with Gasteiger partial charge in [-0.15, -0.1) is 0 Å². The molecule has 0 aromatic rings. The summed E-state index contributed by atoms with van der Waals surface area (Å²) in [4.78, 5) is 0. The van der Waals surface area contributed by atoms with E-state index in [-0.39, 0.29) is 5.41 Å². The first-order valence-electron chi connectivity index (χ1n) is 8.22. The van der Waals surface area contributed by atoms with E-state index in [2.05, 4.69) is 33.0 Å². The molecular formula is C15H33N3O2S. The van der Waals surface area contributed by atoms with E-state index < -0.39 is 10.2 Å². The van der Waals surface area contributed by atoms with Crippen molar-refractivity contribution in [1.82, 2.24) is 13.9 Å². The van der Waals surface area contributed by atoms with Crippen molar-refractivity contribution in [2.24, 2.45) is 5.41 Å². The van der Waals surface area contributed by atoms with Gasteiger partial charge in [0.05, 0.1) is 0 Å². The molecule has 0 aliphatic carbocycles. The molecule has 1 fully saturated rings. The van der Waals surface area contributed by atoms with Crippen LogP contribution in [0.1, 0.15) is 53.4 Å². The van der Waals surface area contributed by atoms with E-state index in [0.29, 0.717) is 25.7 Å². The summed E-state index contributed by atoms with van der Waals surface area (Å²) in [6.45, 7) is 11.3. The lowest BCUT2D eigenvalue weighted by Crippen LogP contribution is -2.42. The zero-order valence-electron chi connectivity index (χ0n) is 14.4. The fraction of sp³-hybridized carbons (Fsp3) is 1.00. The van der Waals surface area contributed by atoms with Crippen molar-refractivity contribution in [2.75, 3.05) is 33.2 Å². The number of hydrogen-bond acceptors (Lipinski definition) is 3. The molecule has 1 aliphatic rings. The molecule has 0 unspecified atom stereocenters. The summed E-state index contributed by atoms with van der Waals surface area (Å²) in [5, 5.41) is 3.32. The molecule has 0 aromatic carbocycles. The summed E-state index contributed by atoms with van der Waals surface area (Å²) in [6, 6.07) is 0.445. The molecule has 0 radical (unpaired) electrons. The molecule has 0 amide bonds. The Balaban J connectivity index is 2.53. The number of hydrogen-bond donors (Lipinski definition) is 1. The van der Waals surface area contributed by atoms with Crippen LogP contribution in [-0.4, -0.2) is 56.3 Å². The molecule has 1 rings (SSSR count). The van der Waals surface area contributed by atoms with Gasteiger partial charge in [-0.25, -0.2) is 0 Å². The van der Waals surface area contributed by atoms with Crippen LogP contribution < -0.4 is 5.32 Å². The van der Waals surface area contributed by atoms with Gasteiger partial charge in [0.2, 0.25) is 0 Å². The summed E-state index contributed by atoms with van der Waals surface area (Å²) in [6.07, 6.45) is 3.94. The van der Waals surface area contributed by atoms with Crippen molar-refractivity contribution in [3.05, 3.63) is 0 Å². The first-order valence-corrected chi connectivity index (χ1v) is 9.62. The minimum absolute atomic E-state index is 0.188. The van der Waals surface area contributed by atoms with E-state index in [0.717, 1.165) is 32.2 Å². The Morgan fingerprint density at radius 2 is 1.90 bits per heavy atom. The van der Waals surface area contributed by atoms with E-state index in [1.54, 1.807) is 11.4 Å². The van der Waals surface area contributed by atoms with Gasteiger partial charge in [-0.05, 0) is 37.6 Å². The molecule has 0 atom stereocenters. The zero-order chi connectivity index (χ0) is 16.1. The molecule has 5 nitrogen and oxygen atoms in total. The maximum absolute atomic E-state index is 12.6. The van der Waals surface area contributed by atoms with Gasteiger partial charge >= 0.3 is 0 Å². The number of rotatable bonds is 9. The van der Waals surface area contributed by atoms with Crippen LogP contribution in [0.5, 0.6) is 0 Å². The van der Waals surface area contributed by atoms with E-state index in [9.17, 15) is 8.42 Å². The van der Waals surface area contributed by atoms with Crippen LogP contribution >= 0.6 is 0 Å². The summed E-state index contributed by atoms with van der Waals surface area (Å²) < 4.78 is 28.4. The second-order valence-electron chi connectivity index (χ2n) is 6.58. The maximum atomic E-state index is 12.6. The average Bonchev–Trinajstić information content (AvgIpc) is 2.89. The maximum Gasteiger partial charge on any atom is 0.281 e. The highest BCUT2D eigenvalue weighted by Crippen LogP contribution is 2.38. The smallest absolute Gasteiger partial charge is 0.281 e. The van der Waals surface area contributed by atoms with E-state index in [1.165, 1.54) is 4.31 Å². The summed E-state index contributed by atoms with van der Waals surface area (Å²) in [5.74, 6) is 0. The largest absolute Gasteiger partial charge is 0.314 e. The van der Waals surface area contributed by atoms with Gasteiger partial charge in [-0.3, -0.25) is 0 Å². The standard InChI is InChI=1S/C15H33N3O2S/c1-6-15(7-2)9-12-18(13-15)21(19,20)17(5)11-8-10-16-14(3)4/h14,16H,6-13H2,1-5H3. The second-order valence-corrected chi connectivity index (χ2v) is 8.62. The second kappa shape index (κ2) is 7.90. The fourth-order valence-electron chi connectivity index (χ4n) is 2.92. The van der Waals surface area contributed by atoms with Gasteiger partial charge in [-0.1, -0.05) is 27.7 Å². The van der Waals surface area contributed by atoms with Crippen LogP contribution in [0, 0.1) is 5.41 Å². The van der Waals surface area contributed by atoms with Crippen molar-refractivity contribution in [2.45, 2.75) is 59.4 Å². The van der Waals surface area contributed by atoms with Crippen molar-refractivity contribution in [3.63, 3.8) is 0 Å². The van der Waals surface area contributed by atoms with Gasteiger partial charge in [0.25, 0.3) is 10.2 Å². The van der Waals surface area contributed by atoms with E-state index in [1.807, 2.05) is 0 Å². The first kappa shape index (κ1) is 18.9. The fourth-order valence-corrected chi connectivity index (χ4v) is 4.44. The quantitative estimate of drug-likeness (QED) is 0.662. The van der Waals surface area contributed by atoms with Crippen LogP contribution in [-0.2, 0) is 10.2 Å². The Hall–Kier alpha value is -0.170. The van der Waals surface area contributed by atoms with Crippen molar-refractivity contribution < 1.29 is 8.42 Å². The Morgan fingerprint density at radius 1 is 1.29 bits per heavy atom. The minimum atomic E-state index is -3.29. The molecule has 1 N–H and O–H groups in total. The molecule has 1 heterocycles. The summed E-state index contributed by atoms with van der Waals surface area (Å²) in [5.41, 5.74) is 0.188. The van der Waals surface area contributed by atoms with Crippen molar-refractivity contribution in [3.8, 4) is 0 Å². The molecule has 0 saturated carbocycles. The topological polar surface area (TPSA) is 52.7 Å². The predicted octanol–water partition coefficient (Wildman–Crippen LogP) is 2.06. The molecule has 6 heteroatoms. The third-order valence-electron chi connectivity index (χ3n) is 4.83. The SMILES string of the molecule is CCC1(CC)CCN(S(=O)(=O)N(C)CCCNC(C)C)C1. The molecule has 126 valence electrons. The minimum Gasteiger partial charge on any atom is -0.314 e. The lowest BCUT2D eigenvalue weighted by atomic mass is 9.82. The number of nitrogens with one attached hydrogen (secondary N) is 1. The third-order valence-corrected chi connectivity index (χ3v) is 6.76. The lowest BCUT2D eigenvalue weighted by molar-refractivity contribution is 0.274. The normalized spacial score (nSPS) is 19.8. The molecule has 0 aromatic heterocycles. The first-order chi connectivity index (χ1) is 9.77. The Kier molecular flexibility index (Phi) is 7.10. The molecule has 1 aliphatic heterocycles. The summed E-state index contributed by atoms with van der Waals surface area (Å²) >= 11 is 0. The predicted molar refractivity (Wildman–Crippen MR) is 88.5 cm³/mol. The highest BCUT2D eigenvalue weighted by Gasteiger charge is 2.41.